The van der Waals surface area contributed by atoms with Crippen molar-refractivity contribution < 1.29 is 8.42 Å². The van der Waals surface area contributed by atoms with Crippen LogP contribution in [0.2, 0.25) is 0 Å². The lowest BCUT2D eigenvalue weighted by Crippen LogP contribution is -2.31. The van der Waals surface area contributed by atoms with Gasteiger partial charge in [-0.1, -0.05) is 13.8 Å². The monoisotopic (exact) mass is 273 g/mol. The third-order valence-corrected chi connectivity index (χ3v) is 3.50. The molecule has 1 aromatic heterocycles. The van der Waals surface area contributed by atoms with Crippen molar-refractivity contribution in [2.24, 2.45) is 0 Å². The number of nitrogens with zero attached hydrogens (tertiary/aromatic N) is 3. The molecule has 2 N–H and O–H groups in total. The molecule has 0 aliphatic rings. The largest absolute Gasteiger partial charge is 0.313 e. The highest BCUT2D eigenvalue weighted by Crippen LogP contribution is 2.04. The minimum atomic E-state index is -3.44. The van der Waals surface area contributed by atoms with Crippen LogP contribution in [0.3, 0.4) is 0 Å². The summed E-state index contributed by atoms with van der Waals surface area (Å²) in [5, 5.41) is 10.5. The quantitative estimate of drug-likeness (QED) is 0.770. The van der Waals surface area contributed by atoms with E-state index in [1.165, 1.54) is 0 Å². The van der Waals surface area contributed by atoms with Crippen molar-refractivity contribution in [3.8, 4) is 0 Å². The first-order valence-electron chi connectivity index (χ1n) is 5.72. The molecule has 0 fully saturated rings. The van der Waals surface area contributed by atoms with Gasteiger partial charge in [0.25, 0.3) is 5.95 Å². The molecule has 8 heteroatoms. The van der Waals surface area contributed by atoms with E-state index < -0.39 is 10.0 Å². The summed E-state index contributed by atoms with van der Waals surface area (Å²) in [5.41, 5.74) is 1.34. The van der Waals surface area contributed by atoms with Gasteiger partial charge in [-0.15, -0.1) is 5.10 Å². The second kappa shape index (κ2) is 6.05. The van der Waals surface area contributed by atoms with E-state index in [1.807, 2.05) is 13.8 Å². The van der Waals surface area contributed by atoms with Crippen LogP contribution in [0.4, 0.5) is 5.95 Å². The second-order valence-corrected chi connectivity index (χ2v) is 6.18. The summed E-state index contributed by atoms with van der Waals surface area (Å²) in [6.07, 6.45) is 0. The fourth-order valence-electron chi connectivity index (χ4n) is 1.17. The Morgan fingerprint density at radius 2 is 1.83 bits per heavy atom. The Morgan fingerprint density at radius 3 is 2.39 bits per heavy atom. The van der Waals surface area contributed by atoms with Crippen LogP contribution in [-0.4, -0.2) is 41.9 Å². The Hall–Kier alpha value is -1.28. The van der Waals surface area contributed by atoms with E-state index in [9.17, 15) is 8.42 Å². The number of rotatable bonds is 6. The molecule has 0 amide bonds. The molecule has 0 bridgehead atoms. The zero-order valence-corrected chi connectivity index (χ0v) is 11.9. The smallest absolute Gasteiger partial charge is 0.256 e. The fraction of sp³-hybridized carbons (Fsp3) is 0.700. The Kier molecular flexibility index (Phi) is 4.97. The molecule has 1 heterocycles. The number of anilines is 1. The van der Waals surface area contributed by atoms with Crippen LogP contribution in [-0.2, 0) is 10.0 Å². The predicted molar refractivity (Wildman–Crippen MR) is 69.8 cm³/mol. The van der Waals surface area contributed by atoms with Gasteiger partial charge in [-0.2, -0.15) is 5.10 Å². The van der Waals surface area contributed by atoms with E-state index in [2.05, 4.69) is 25.2 Å². The Bertz CT molecular complexity index is 501. The molecule has 102 valence electrons. The first-order chi connectivity index (χ1) is 8.30. The average molecular weight is 273 g/mol. The SMILES string of the molecule is Cc1nnc(NS(=O)(=O)CCNC(C)C)nc1C. The molecule has 0 spiro atoms. The fourth-order valence-corrected chi connectivity index (χ4v) is 2.03. The molecule has 0 saturated heterocycles. The first kappa shape index (κ1) is 14.8. The van der Waals surface area contributed by atoms with Crippen LogP contribution in [0.5, 0.6) is 0 Å². The van der Waals surface area contributed by atoms with E-state index in [0.29, 0.717) is 17.9 Å². The molecule has 0 atom stereocenters. The van der Waals surface area contributed by atoms with Crippen molar-refractivity contribution in [1.82, 2.24) is 20.5 Å². The van der Waals surface area contributed by atoms with Crippen molar-refractivity contribution in [2.45, 2.75) is 33.7 Å². The van der Waals surface area contributed by atoms with Crippen molar-refractivity contribution in [3.05, 3.63) is 11.4 Å². The number of hydrogen-bond acceptors (Lipinski definition) is 6. The Labute approximate surface area is 107 Å². The van der Waals surface area contributed by atoms with E-state index in [1.54, 1.807) is 13.8 Å². The number of aryl methyl sites for hydroxylation is 2. The Morgan fingerprint density at radius 1 is 1.17 bits per heavy atom. The third kappa shape index (κ3) is 4.92. The highest BCUT2D eigenvalue weighted by atomic mass is 32.2. The van der Waals surface area contributed by atoms with Crippen LogP contribution >= 0.6 is 0 Å². The number of nitrogens with one attached hydrogen (secondary N) is 2. The van der Waals surface area contributed by atoms with Gasteiger partial charge in [0.15, 0.2) is 0 Å². The standard InChI is InChI=1S/C10H19N5O2S/c1-7(2)11-5-6-18(16,17)15-10-12-8(3)9(4)13-14-10/h7,11H,5-6H2,1-4H3,(H,12,14,15). The van der Waals surface area contributed by atoms with Crippen LogP contribution in [0.15, 0.2) is 0 Å². The minimum Gasteiger partial charge on any atom is -0.313 e. The lowest BCUT2D eigenvalue weighted by Gasteiger charge is -2.09. The van der Waals surface area contributed by atoms with Crippen molar-refractivity contribution in [2.75, 3.05) is 17.0 Å². The van der Waals surface area contributed by atoms with Crippen molar-refractivity contribution >= 4 is 16.0 Å². The van der Waals surface area contributed by atoms with E-state index >= 15 is 0 Å². The van der Waals surface area contributed by atoms with Crippen LogP contribution in [0, 0.1) is 13.8 Å². The topological polar surface area (TPSA) is 96.9 Å². The van der Waals surface area contributed by atoms with Gasteiger partial charge in [-0.05, 0) is 13.8 Å². The lowest BCUT2D eigenvalue weighted by atomic mass is 10.4. The van der Waals surface area contributed by atoms with Gasteiger partial charge >= 0.3 is 0 Å². The summed E-state index contributed by atoms with van der Waals surface area (Å²) in [6.45, 7) is 7.81. The molecule has 1 aromatic rings. The molecule has 0 saturated carbocycles. The normalized spacial score (nSPS) is 11.8. The van der Waals surface area contributed by atoms with Gasteiger partial charge in [0.2, 0.25) is 10.0 Å². The summed E-state index contributed by atoms with van der Waals surface area (Å²) in [4.78, 5) is 4.02. The highest BCUT2D eigenvalue weighted by molar-refractivity contribution is 7.92. The number of sulfonamides is 1. The van der Waals surface area contributed by atoms with Crippen molar-refractivity contribution in [1.29, 1.82) is 0 Å². The average Bonchev–Trinajstić information content (AvgIpc) is 2.22. The van der Waals surface area contributed by atoms with E-state index in [-0.39, 0.29) is 17.7 Å². The Balaban J connectivity index is 2.62. The van der Waals surface area contributed by atoms with Gasteiger partial charge < -0.3 is 5.32 Å². The van der Waals surface area contributed by atoms with Gasteiger partial charge in [-0.25, -0.2) is 18.1 Å². The molecule has 0 radical (unpaired) electrons. The summed E-state index contributed by atoms with van der Waals surface area (Å²) in [6, 6.07) is 0.250. The van der Waals surface area contributed by atoms with Crippen LogP contribution in [0.1, 0.15) is 25.2 Å². The third-order valence-electron chi connectivity index (χ3n) is 2.26. The van der Waals surface area contributed by atoms with E-state index in [0.717, 1.165) is 0 Å². The maximum Gasteiger partial charge on any atom is 0.256 e. The molecule has 0 aromatic carbocycles. The maximum absolute atomic E-state index is 11.7. The van der Waals surface area contributed by atoms with Crippen molar-refractivity contribution in [3.63, 3.8) is 0 Å². The molecule has 18 heavy (non-hydrogen) atoms. The van der Waals surface area contributed by atoms with Gasteiger partial charge in [-0.3, -0.25) is 0 Å². The van der Waals surface area contributed by atoms with Gasteiger partial charge in [0.1, 0.15) is 0 Å². The lowest BCUT2D eigenvalue weighted by molar-refractivity contribution is 0.581. The summed E-state index contributed by atoms with van der Waals surface area (Å²) in [7, 11) is -3.44. The van der Waals surface area contributed by atoms with Crippen LogP contribution < -0.4 is 10.0 Å². The predicted octanol–water partition coefficient (Wildman–Crippen LogP) is 0.228. The summed E-state index contributed by atoms with van der Waals surface area (Å²) < 4.78 is 25.7. The molecule has 0 aliphatic carbocycles. The number of hydrogen-bond donors (Lipinski definition) is 2. The zero-order chi connectivity index (χ0) is 13.8. The maximum atomic E-state index is 11.7. The minimum absolute atomic E-state index is 0.0163. The zero-order valence-electron chi connectivity index (χ0n) is 11.1. The first-order valence-corrected chi connectivity index (χ1v) is 7.37. The molecule has 1 rings (SSSR count). The molecule has 0 unspecified atom stereocenters. The summed E-state index contributed by atoms with van der Waals surface area (Å²) in [5.74, 6) is -0.00999. The van der Waals surface area contributed by atoms with Gasteiger partial charge in [0.05, 0.1) is 17.1 Å². The molecular weight excluding hydrogens is 254 g/mol. The van der Waals surface area contributed by atoms with Crippen LogP contribution in [0.25, 0.3) is 0 Å². The second-order valence-electron chi connectivity index (χ2n) is 4.34. The molecule has 7 nitrogen and oxygen atoms in total. The van der Waals surface area contributed by atoms with E-state index in [4.69, 9.17) is 0 Å². The summed E-state index contributed by atoms with van der Waals surface area (Å²) >= 11 is 0. The van der Waals surface area contributed by atoms with Gasteiger partial charge in [0, 0.05) is 12.6 Å². The molecule has 0 aliphatic heterocycles. The molecular formula is C10H19N5O2S. The number of aromatic nitrogens is 3. The highest BCUT2D eigenvalue weighted by Gasteiger charge is 2.13.